The lowest BCUT2D eigenvalue weighted by molar-refractivity contribution is -0.138. The Labute approximate surface area is 131 Å². The van der Waals surface area contributed by atoms with Crippen LogP contribution in [0.15, 0.2) is 18.2 Å². The maximum Gasteiger partial charge on any atom is 0.325 e. The van der Waals surface area contributed by atoms with Crippen LogP contribution in [0, 0.1) is 12.8 Å². The molecule has 1 heterocycles. The minimum absolute atomic E-state index is 0.0921. The number of carbonyl (C=O) groups excluding carboxylic acids is 2. The summed E-state index contributed by atoms with van der Waals surface area (Å²) < 4.78 is 4.60. The molecule has 0 aliphatic carbocycles. The molecule has 0 saturated carbocycles. The number of hydrogen-bond donors (Lipinski definition) is 1. The van der Waals surface area contributed by atoms with Crippen LogP contribution in [0.3, 0.4) is 0 Å². The number of aryl methyl sites for hydroxylation is 1. The molecular formula is C17H24N2O3. The third-order valence-electron chi connectivity index (χ3n) is 4.20. The van der Waals surface area contributed by atoms with Gasteiger partial charge in [-0.1, -0.05) is 6.92 Å². The average molecular weight is 304 g/mol. The zero-order chi connectivity index (χ0) is 16.1. The average Bonchev–Trinajstić information content (AvgIpc) is 2.53. The number of benzene rings is 1. The molecule has 1 fully saturated rings. The molecule has 1 amide bonds. The zero-order valence-electron chi connectivity index (χ0n) is 13.5. The second-order valence-corrected chi connectivity index (χ2v) is 5.93. The van der Waals surface area contributed by atoms with Crippen LogP contribution >= 0.6 is 0 Å². The van der Waals surface area contributed by atoms with Crippen molar-refractivity contribution in [3.05, 3.63) is 29.3 Å². The highest BCUT2D eigenvalue weighted by Gasteiger charge is 2.21. The van der Waals surface area contributed by atoms with E-state index in [4.69, 9.17) is 0 Å². The second kappa shape index (κ2) is 7.29. The predicted octanol–water partition coefficient (Wildman–Crippen LogP) is 2.45. The number of carbonyl (C=O) groups is 2. The summed E-state index contributed by atoms with van der Waals surface area (Å²) in [6, 6.07) is 5.53. The summed E-state index contributed by atoms with van der Waals surface area (Å²) in [4.78, 5) is 25.6. The van der Waals surface area contributed by atoms with Gasteiger partial charge in [0.05, 0.1) is 7.11 Å². The quantitative estimate of drug-likeness (QED) is 0.868. The molecule has 5 nitrogen and oxygen atoms in total. The van der Waals surface area contributed by atoms with Crippen molar-refractivity contribution in [2.24, 2.45) is 5.92 Å². The summed E-state index contributed by atoms with van der Waals surface area (Å²) >= 11 is 0. The number of likely N-dealkylation sites (tertiary alicyclic amines) is 1. The molecule has 5 heteroatoms. The van der Waals surface area contributed by atoms with E-state index in [-0.39, 0.29) is 18.4 Å². The number of hydrogen-bond acceptors (Lipinski definition) is 4. The molecule has 1 saturated heterocycles. The molecule has 2 rings (SSSR count). The number of nitrogens with one attached hydrogen (secondary N) is 1. The van der Waals surface area contributed by atoms with Gasteiger partial charge in [-0.05, 0) is 49.4 Å². The lowest BCUT2D eigenvalue weighted by Gasteiger charge is -2.30. The van der Waals surface area contributed by atoms with Crippen molar-refractivity contribution in [1.82, 2.24) is 4.90 Å². The highest BCUT2D eigenvalue weighted by atomic mass is 16.5. The van der Waals surface area contributed by atoms with Crippen molar-refractivity contribution >= 4 is 17.6 Å². The highest BCUT2D eigenvalue weighted by Crippen LogP contribution is 2.21. The number of rotatable bonds is 4. The van der Waals surface area contributed by atoms with Gasteiger partial charge < -0.3 is 15.0 Å². The number of esters is 1. The molecular weight excluding hydrogens is 280 g/mol. The van der Waals surface area contributed by atoms with Gasteiger partial charge in [-0.2, -0.15) is 0 Å². The van der Waals surface area contributed by atoms with E-state index in [2.05, 4.69) is 17.0 Å². The normalized spacial score (nSPS) is 15.5. The third kappa shape index (κ3) is 4.00. The number of anilines is 1. The Balaban J connectivity index is 2.02. The number of methoxy groups -OCH3 is 1. The molecule has 0 unspecified atom stereocenters. The van der Waals surface area contributed by atoms with Crippen LogP contribution in [0.25, 0.3) is 0 Å². The SMILES string of the molecule is COC(=O)CNc1ccc(C(=O)N2CCC(C)CC2)cc1C. The summed E-state index contributed by atoms with van der Waals surface area (Å²) in [5.41, 5.74) is 2.49. The first kappa shape index (κ1) is 16.3. The van der Waals surface area contributed by atoms with Crippen LogP contribution in [-0.4, -0.2) is 43.5 Å². The monoisotopic (exact) mass is 304 g/mol. The van der Waals surface area contributed by atoms with E-state index in [9.17, 15) is 9.59 Å². The number of ether oxygens (including phenoxy) is 1. The summed E-state index contributed by atoms with van der Waals surface area (Å²) in [5.74, 6) is 0.479. The number of piperidine rings is 1. The van der Waals surface area contributed by atoms with E-state index in [0.717, 1.165) is 37.2 Å². The highest BCUT2D eigenvalue weighted by molar-refractivity contribution is 5.95. The van der Waals surface area contributed by atoms with E-state index in [1.165, 1.54) is 7.11 Å². The van der Waals surface area contributed by atoms with Crippen LogP contribution in [0.1, 0.15) is 35.7 Å². The van der Waals surface area contributed by atoms with Crippen molar-refractivity contribution in [2.45, 2.75) is 26.7 Å². The standard InChI is InChI=1S/C17H24N2O3/c1-12-6-8-19(9-7-12)17(21)14-4-5-15(13(2)10-14)18-11-16(20)22-3/h4-5,10,12,18H,6-9,11H2,1-3H3. The molecule has 22 heavy (non-hydrogen) atoms. The van der Waals surface area contributed by atoms with Crippen LogP contribution < -0.4 is 5.32 Å². The van der Waals surface area contributed by atoms with Crippen LogP contribution in [0.2, 0.25) is 0 Å². The van der Waals surface area contributed by atoms with Crippen LogP contribution in [-0.2, 0) is 9.53 Å². The molecule has 1 aliphatic heterocycles. The molecule has 0 bridgehead atoms. The summed E-state index contributed by atoms with van der Waals surface area (Å²) in [6.07, 6.45) is 2.15. The number of amides is 1. The Kier molecular flexibility index (Phi) is 5.41. The van der Waals surface area contributed by atoms with Crippen LogP contribution in [0.4, 0.5) is 5.69 Å². The molecule has 1 aliphatic rings. The van der Waals surface area contributed by atoms with Crippen molar-refractivity contribution in [3.8, 4) is 0 Å². The topological polar surface area (TPSA) is 58.6 Å². The summed E-state index contributed by atoms with van der Waals surface area (Å²) in [6.45, 7) is 5.94. The predicted molar refractivity (Wildman–Crippen MR) is 86.0 cm³/mol. The lowest BCUT2D eigenvalue weighted by Crippen LogP contribution is -2.37. The fraction of sp³-hybridized carbons (Fsp3) is 0.529. The smallest absolute Gasteiger partial charge is 0.325 e. The lowest BCUT2D eigenvalue weighted by atomic mass is 9.98. The fourth-order valence-electron chi connectivity index (χ4n) is 2.63. The first-order valence-corrected chi connectivity index (χ1v) is 7.72. The van der Waals surface area contributed by atoms with E-state index in [0.29, 0.717) is 11.5 Å². The largest absolute Gasteiger partial charge is 0.468 e. The van der Waals surface area contributed by atoms with Crippen molar-refractivity contribution < 1.29 is 14.3 Å². The maximum atomic E-state index is 12.5. The van der Waals surface area contributed by atoms with Crippen LogP contribution in [0.5, 0.6) is 0 Å². The minimum atomic E-state index is -0.318. The molecule has 1 N–H and O–H groups in total. The van der Waals surface area contributed by atoms with Crippen molar-refractivity contribution in [1.29, 1.82) is 0 Å². The zero-order valence-corrected chi connectivity index (χ0v) is 13.5. The number of nitrogens with zero attached hydrogens (tertiary/aromatic N) is 1. The molecule has 0 atom stereocenters. The van der Waals surface area contributed by atoms with Gasteiger partial charge in [-0.3, -0.25) is 9.59 Å². The van der Waals surface area contributed by atoms with E-state index >= 15 is 0 Å². The van der Waals surface area contributed by atoms with Gasteiger partial charge in [-0.15, -0.1) is 0 Å². The van der Waals surface area contributed by atoms with Gasteiger partial charge in [0.2, 0.25) is 0 Å². The Morgan fingerprint density at radius 2 is 2.00 bits per heavy atom. The first-order valence-electron chi connectivity index (χ1n) is 7.72. The Hall–Kier alpha value is -2.04. The Bertz CT molecular complexity index is 549. The third-order valence-corrected chi connectivity index (χ3v) is 4.20. The van der Waals surface area contributed by atoms with E-state index < -0.39 is 0 Å². The second-order valence-electron chi connectivity index (χ2n) is 5.93. The van der Waals surface area contributed by atoms with E-state index in [1.54, 1.807) is 0 Å². The maximum absolute atomic E-state index is 12.5. The van der Waals surface area contributed by atoms with Gasteiger partial charge >= 0.3 is 5.97 Å². The van der Waals surface area contributed by atoms with Gasteiger partial charge in [0, 0.05) is 24.3 Å². The van der Waals surface area contributed by atoms with Gasteiger partial charge in [0.25, 0.3) is 5.91 Å². The summed E-state index contributed by atoms with van der Waals surface area (Å²) in [5, 5.41) is 3.02. The molecule has 1 aromatic carbocycles. The fourth-order valence-corrected chi connectivity index (χ4v) is 2.63. The van der Waals surface area contributed by atoms with Gasteiger partial charge in [0.15, 0.2) is 0 Å². The van der Waals surface area contributed by atoms with Crippen molar-refractivity contribution in [3.63, 3.8) is 0 Å². The molecule has 0 spiro atoms. The first-order chi connectivity index (χ1) is 10.5. The Morgan fingerprint density at radius 3 is 2.59 bits per heavy atom. The Morgan fingerprint density at radius 1 is 1.32 bits per heavy atom. The summed E-state index contributed by atoms with van der Waals surface area (Å²) in [7, 11) is 1.36. The van der Waals surface area contributed by atoms with Crippen molar-refractivity contribution in [2.75, 3.05) is 32.1 Å². The minimum Gasteiger partial charge on any atom is -0.468 e. The molecule has 1 aromatic rings. The molecule has 0 radical (unpaired) electrons. The van der Waals surface area contributed by atoms with Gasteiger partial charge in [0.1, 0.15) is 6.54 Å². The van der Waals surface area contributed by atoms with E-state index in [1.807, 2.05) is 30.0 Å². The molecule has 0 aromatic heterocycles. The van der Waals surface area contributed by atoms with Gasteiger partial charge in [-0.25, -0.2) is 0 Å². The molecule has 120 valence electrons.